The molecule has 1 unspecified atom stereocenters. The van der Waals surface area contributed by atoms with Crippen molar-refractivity contribution in [3.05, 3.63) is 0 Å². The molecule has 7 heteroatoms. The highest BCUT2D eigenvalue weighted by Crippen LogP contribution is 2.39. The molecular formula is C18H33N5O2. The van der Waals surface area contributed by atoms with Gasteiger partial charge in [0, 0.05) is 47.2 Å². The summed E-state index contributed by atoms with van der Waals surface area (Å²) in [7, 11) is 5.43. The van der Waals surface area contributed by atoms with Gasteiger partial charge in [-0.1, -0.05) is 12.8 Å². The monoisotopic (exact) mass is 351 g/mol. The van der Waals surface area contributed by atoms with Crippen LogP contribution in [0.5, 0.6) is 0 Å². The van der Waals surface area contributed by atoms with E-state index < -0.39 is 0 Å². The van der Waals surface area contributed by atoms with Gasteiger partial charge >= 0.3 is 0 Å². The van der Waals surface area contributed by atoms with Gasteiger partial charge in [-0.2, -0.15) is 0 Å². The van der Waals surface area contributed by atoms with E-state index in [4.69, 9.17) is 5.73 Å². The molecule has 1 saturated carbocycles. The second-order valence-electron chi connectivity index (χ2n) is 7.71. The van der Waals surface area contributed by atoms with Crippen molar-refractivity contribution in [2.45, 2.75) is 44.9 Å². The Morgan fingerprint density at radius 1 is 1.28 bits per heavy atom. The lowest BCUT2D eigenvalue weighted by Crippen LogP contribution is -2.52. The fourth-order valence-corrected chi connectivity index (χ4v) is 4.28. The number of hydrogen-bond acceptors (Lipinski definition) is 3. The van der Waals surface area contributed by atoms with Crippen molar-refractivity contribution in [2.75, 3.05) is 40.8 Å². The van der Waals surface area contributed by atoms with E-state index in [2.05, 4.69) is 15.2 Å². The number of carbonyl (C=O) groups excluding carboxylic acids is 2. The van der Waals surface area contributed by atoms with Crippen LogP contribution < -0.4 is 11.1 Å². The molecule has 0 radical (unpaired) electrons. The Balaban J connectivity index is 1.99. The van der Waals surface area contributed by atoms with Gasteiger partial charge in [0.2, 0.25) is 11.8 Å². The van der Waals surface area contributed by atoms with Gasteiger partial charge in [0.1, 0.15) is 0 Å². The third-order valence-corrected chi connectivity index (χ3v) is 5.53. The Hall–Kier alpha value is -1.79. The third kappa shape index (κ3) is 4.86. The molecule has 0 bridgehead atoms. The number of carbonyl (C=O) groups is 2. The topological polar surface area (TPSA) is 91.0 Å². The van der Waals surface area contributed by atoms with E-state index in [9.17, 15) is 9.59 Å². The van der Waals surface area contributed by atoms with Crippen LogP contribution in [0.15, 0.2) is 4.99 Å². The SMILES string of the molecule is CN=C(NCC1(C(=O)N(C)C)CCCC1)N1CCCC(CC(N)=O)C1. The maximum absolute atomic E-state index is 12.7. The van der Waals surface area contributed by atoms with Gasteiger partial charge < -0.3 is 20.9 Å². The Morgan fingerprint density at radius 2 is 1.96 bits per heavy atom. The highest BCUT2D eigenvalue weighted by Gasteiger charge is 2.42. The van der Waals surface area contributed by atoms with Gasteiger partial charge in [0.05, 0.1) is 5.41 Å². The zero-order valence-electron chi connectivity index (χ0n) is 15.9. The summed E-state index contributed by atoms with van der Waals surface area (Å²) >= 11 is 0. The number of rotatable bonds is 5. The number of piperidine rings is 1. The number of likely N-dealkylation sites (tertiary alicyclic amines) is 1. The summed E-state index contributed by atoms with van der Waals surface area (Å²) in [6.07, 6.45) is 6.54. The van der Waals surface area contributed by atoms with Crippen molar-refractivity contribution in [3.8, 4) is 0 Å². The van der Waals surface area contributed by atoms with Crippen LogP contribution in [-0.4, -0.2) is 68.4 Å². The second kappa shape index (κ2) is 8.54. The largest absolute Gasteiger partial charge is 0.370 e. The molecule has 0 spiro atoms. The lowest BCUT2D eigenvalue weighted by molar-refractivity contribution is -0.138. The first-order valence-corrected chi connectivity index (χ1v) is 9.33. The number of nitrogens with one attached hydrogen (secondary N) is 1. The van der Waals surface area contributed by atoms with Crippen LogP contribution in [0.2, 0.25) is 0 Å². The third-order valence-electron chi connectivity index (χ3n) is 5.53. The van der Waals surface area contributed by atoms with E-state index in [0.717, 1.165) is 57.6 Å². The maximum atomic E-state index is 12.7. The lowest BCUT2D eigenvalue weighted by atomic mass is 9.84. The zero-order chi connectivity index (χ0) is 18.4. The van der Waals surface area contributed by atoms with Crippen LogP contribution in [0.1, 0.15) is 44.9 Å². The Bertz CT molecular complexity index is 512. The molecule has 2 aliphatic rings. The number of nitrogens with two attached hydrogens (primary N) is 1. The quantitative estimate of drug-likeness (QED) is 0.566. The van der Waals surface area contributed by atoms with Crippen molar-refractivity contribution in [3.63, 3.8) is 0 Å². The van der Waals surface area contributed by atoms with Crippen LogP contribution in [0.3, 0.4) is 0 Å². The van der Waals surface area contributed by atoms with E-state index >= 15 is 0 Å². The molecule has 2 fully saturated rings. The summed E-state index contributed by atoms with van der Waals surface area (Å²) in [5.74, 6) is 1.08. The molecule has 3 N–H and O–H groups in total. The molecule has 0 aromatic rings. The number of aliphatic imine (C=N–C) groups is 1. The molecule has 142 valence electrons. The highest BCUT2D eigenvalue weighted by molar-refractivity contribution is 5.85. The predicted octanol–water partition coefficient (Wildman–Crippen LogP) is 0.798. The second-order valence-corrected chi connectivity index (χ2v) is 7.71. The zero-order valence-corrected chi connectivity index (χ0v) is 15.9. The maximum Gasteiger partial charge on any atom is 0.230 e. The summed E-state index contributed by atoms with van der Waals surface area (Å²) in [4.78, 5) is 32.2. The summed E-state index contributed by atoms with van der Waals surface area (Å²) in [6.45, 7) is 2.33. The first-order chi connectivity index (χ1) is 11.9. The first kappa shape index (κ1) is 19.5. The Labute approximate surface area is 151 Å². The molecule has 1 aliphatic heterocycles. The number of amides is 2. The summed E-state index contributed by atoms with van der Waals surface area (Å²) < 4.78 is 0. The number of guanidine groups is 1. The van der Waals surface area contributed by atoms with E-state index in [-0.39, 0.29) is 23.1 Å². The molecule has 2 amide bonds. The van der Waals surface area contributed by atoms with Crippen LogP contribution >= 0.6 is 0 Å². The smallest absolute Gasteiger partial charge is 0.230 e. The van der Waals surface area contributed by atoms with E-state index in [0.29, 0.717) is 13.0 Å². The average Bonchev–Trinajstić information content (AvgIpc) is 3.04. The first-order valence-electron chi connectivity index (χ1n) is 9.33. The van der Waals surface area contributed by atoms with Crippen molar-refractivity contribution < 1.29 is 9.59 Å². The van der Waals surface area contributed by atoms with Crippen molar-refractivity contribution >= 4 is 17.8 Å². The van der Waals surface area contributed by atoms with Crippen LogP contribution in [-0.2, 0) is 9.59 Å². The minimum atomic E-state index is -0.318. The molecule has 1 saturated heterocycles. The summed E-state index contributed by atoms with van der Waals surface area (Å²) in [5.41, 5.74) is 5.03. The lowest BCUT2D eigenvalue weighted by Gasteiger charge is -2.37. The van der Waals surface area contributed by atoms with Gasteiger partial charge in [0.15, 0.2) is 5.96 Å². The van der Waals surface area contributed by atoms with Gasteiger partial charge in [-0.15, -0.1) is 0 Å². The molecular weight excluding hydrogens is 318 g/mol. The molecule has 7 nitrogen and oxygen atoms in total. The normalized spacial score (nSPS) is 23.4. The van der Waals surface area contributed by atoms with Crippen LogP contribution in [0.25, 0.3) is 0 Å². The number of primary amides is 1. The molecule has 0 aromatic carbocycles. The molecule has 1 heterocycles. The standard InChI is InChI=1S/C18H33N5O2/c1-20-17(23-10-6-7-14(12-23)11-15(19)24)21-13-18(8-4-5-9-18)16(25)22(2)3/h14H,4-13H2,1-3H3,(H2,19,24)(H,20,21). The Kier molecular flexibility index (Phi) is 6.67. The summed E-state index contributed by atoms with van der Waals surface area (Å²) in [5, 5.41) is 3.44. The van der Waals surface area contributed by atoms with Crippen LogP contribution in [0, 0.1) is 11.3 Å². The van der Waals surface area contributed by atoms with E-state index in [1.807, 2.05) is 14.1 Å². The molecule has 25 heavy (non-hydrogen) atoms. The Morgan fingerprint density at radius 3 is 2.52 bits per heavy atom. The molecule has 2 rings (SSSR count). The number of nitrogens with zero attached hydrogens (tertiary/aromatic N) is 3. The van der Waals surface area contributed by atoms with Gasteiger partial charge in [-0.05, 0) is 31.6 Å². The van der Waals surface area contributed by atoms with Gasteiger partial charge in [0.25, 0.3) is 0 Å². The van der Waals surface area contributed by atoms with E-state index in [1.165, 1.54) is 0 Å². The molecule has 1 atom stereocenters. The number of hydrogen-bond donors (Lipinski definition) is 2. The van der Waals surface area contributed by atoms with Gasteiger partial charge in [-0.25, -0.2) is 0 Å². The minimum absolute atomic E-state index is 0.207. The van der Waals surface area contributed by atoms with Crippen molar-refractivity contribution in [1.82, 2.24) is 15.1 Å². The van der Waals surface area contributed by atoms with Crippen molar-refractivity contribution in [2.24, 2.45) is 22.1 Å². The van der Waals surface area contributed by atoms with Crippen LogP contribution in [0.4, 0.5) is 0 Å². The fraction of sp³-hybridized carbons (Fsp3) is 0.833. The molecule has 0 aromatic heterocycles. The summed E-state index contributed by atoms with van der Waals surface area (Å²) in [6, 6.07) is 0. The average molecular weight is 351 g/mol. The fourth-order valence-electron chi connectivity index (χ4n) is 4.28. The predicted molar refractivity (Wildman–Crippen MR) is 99.1 cm³/mol. The minimum Gasteiger partial charge on any atom is -0.370 e. The van der Waals surface area contributed by atoms with E-state index in [1.54, 1.807) is 11.9 Å². The van der Waals surface area contributed by atoms with Gasteiger partial charge in [-0.3, -0.25) is 14.6 Å². The van der Waals surface area contributed by atoms with Crippen molar-refractivity contribution in [1.29, 1.82) is 0 Å². The highest BCUT2D eigenvalue weighted by atomic mass is 16.2. The molecule has 1 aliphatic carbocycles.